The number of nitro benzene ring substituents is 1. The second-order valence-electron chi connectivity index (χ2n) is 4.25. The maximum absolute atomic E-state index is 11.8. The highest BCUT2D eigenvalue weighted by molar-refractivity contribution is 8.04. The van der Waals surface area contributed by atoms with Gasteiger partial charge in [-0.05, 0) is 19.4 Å². The normalized spacial score (nSPS) is 14.8. The molecule has 0 spiro atoms. The summed E-state index contributed by atoms with van der Waals surface area (Å²) in [6, 6.07) is 5.53. The van der Waals surface area contributed by atoms with Gasteiger partial charge in [-0.2, -0.15) is 5.10 Å². The van der Waals surface area contributed by atoms with Crippen LogP contribution in [0.5, 0.6) is 0 Å². The van der Waals surface area contributed by atoms with Crippen molar-refractivity contribution in [2.24, 2.45) is 5.10 Å². The summed E-state index contributed by atoms with van der Waals surface area (Å²) >= 11 is 1.69. The highest BCUT2D eigenvalue weighted by atomic mass is 32.2. The predicted octanol–water partition coefficient (Wildman–Crippen LogP) is 2.72. The van der Waals surface area contributed by atoms with Gasteiger partial charge in [0.25, 0.3) is 11.6 Å². The minimum atomic E-state index is -0.538. The van der Waals surface area contributed by atoms with Crippen LogP contribution >= 0.6 is 11.8 Å². The Morgan fingerprint density at radius 1 is 1.55 bits per heavy atom. The van der Waals surface area contributed by atoms with E-state index in [-0.39, 0.29) is 11.3 Å². The van der Waals surface area contributed by atoms with E-state index >= 15 is 0 Å². The second kappa shape index (κ2) is 6.33. The van der Waals surface area contributed by atoms with E-state index in [4.69, 9.17) is 0 Å². The zero-order chi connectivity index (χ0) is 14.5. The van der Waals surface area contributed by atoms with Crippen LogP contribution in [-0.2, 0) is 0 Å². The van der Waals surface area contributed by atoms with Crippen molar-refractivity contribution in [1.82, 2.24) is 5.43 Å². The molecule has 104 valence electrons. The quantitative estimate of drug-likeness (QED) is 0.525. The lowest BCUT2D eigenvalue weighted by Gasteiger charge is -2.00. The molecule has 0 radical (unpaired) electrons. The molecule has 1 amide bonds. The van der Waals surface area contributed by atoms with E-state index in [1.54, 1.807) is 18.0 Å². The summed E-state index contributed by atoms with van der Waals surface area (Å²) in [5.74, 6) is 0.567. The fraction of sp³-hybridized carbons (Fsp3) is 0.231. The Morgan fingerprint density at radius 2 is 2.35 bits per heavy atom. The molecule has 1 aromatic carbocycles. The molecule has 2 rings (SSSR count). The van der Waals surface area contributed by atoms with Crippen molar-refractivity contribution in [3.05, 3.63) is 50.4 Å². The highest BCUT2D eigenvalue weighted by Crippen LogP contribution is 2.29. The van der Waals surface area contributed by atoms with Crippen LogP contribution in [0.1, 0.15) is 23.7 Å². The van der Waals surface area contributed by atoms with E-state index in [2.05, 4.69) is 10.5 Å². The lowest BCUT2D eigenvalue weighted by molar-refractivity contribution is -0.384. The minimum Gasteiger partial charge on any atom is -0.267 e. The molecule has 0 saturated heterocycles. The van der Waals surface area contributed by atoms with E-state index < -0.39 is 10.8 Å². The Balaban J connectivity index is 2.02. The van der Waals surface area contributed by atoms with Gasteiger partial charge in [-0.25, -0.2) is 5.43 Å². The molecule has 0 aromatic heterocycles. The third-order valence-electron chi connectivity index (χ3n) is 2.82. The standard InChI is InChI=1S/C13H13N3O3S/c1-9-5-6-20-12(9)8-14-15-13(17)10-3-2-4-11(7-10)16(18)19/h2-4,7-8H,5-6H2,1H3,(H,15,17)/b14-8+. The van der Waals surface area contributed by atoms with Crippen molar-refractivity contribution in [3.63, 3.8) is 0 Å². The molecule has 7 heteroatoms. The number of hydrogen-bond donors (Lipinski definition) is 1. The topological polar surface area (TPSA) is 84.6 Å². The molecule has 0 bridgehead atoms. The van der Waals surface area contributed by atoms with E-state index in [9.17, 15) is 14.9 Å². The molecule has 1 N–H and O–H groups in total. The Bertz CT molecular complexity index is 611. The molecular weight excluding hydrogens is 278 g/mol. The zero-order valence-electron chi connectivity index (χ0n) is 10.8. The Morgan fingerprint density at radius 3 is 3.00 bits per heavy atom. The second-order valence-corrected chi connectivity index (χ2v) is 5.39. The molecule has 1 aliphatic rings. The van der Waals surface area contributed by atoms with Crippen LogP contribution in [0.15, 0.2) is 39.8 Å². The number of nitrogens with zero attached hydrogens (tertiary/aromatic N) is 2. The van der Waals surface area contributed by atoms with Crippen molar-refractivity contribution in [2.75, 3.05) is 5.75 Å². The smallest absolute Gasteiger partial charge is 0.267 e. The van der Waals surface area contributed by atoms with Gasteiger partial charge in [0, 0.05) is 28.4 Å². The van der Waals surface area contributed by atoms with Gasteiger partial charge in [-0.15, -0.1) is 11.8 Å². The Hall–Kier alpha value is -2.15. The number of benzene rings is 1. The van der Waals surface area contributed by atoms with Crippen molar-refractivity contribution >= 4 is 29.6 Å². The third-order valence-corrected chi connectivity index (χ3v) is 4.00. The predicted molar refractivity (Wildman–Crippen MR) is 78.8 cm³/mol. The molecule has 6 nitrogen and oxygen atoms in total. The largest absolute Gasteiger partial charge is 0.271 e. The van der Waals surface area contributed by atoms with Crippen LogP contribution in [0, 0.1) is 10.1 Å². The number of carbonyl (C=O) groups is 1. The van der Waals surface area contributed by atoms with Crippen molar-refractivity contribution in [1.29, 1.82) is 0 Å². The molecule has 1 aromatic rings. The monoisotopic (exact) mass is 291 g/mol. The fourth-order valence-electron chi connectivity index (χ4n) is 1.68. The average molecular weight is 291 g/mol. The Kier molecular flexibility index (Phi) is 4.52. The van der Waals surface area contributed by atoms with Gasteiger partial charge in [0.2, 0.25) is 0 Å². The van der Waals surface area contributed by atoms with E-state index in [0.29, 0.717) is 0 Å². The maximum atomic E-state index is 11.8. The molecule has 0 fully saturated rings. The van der Waals surface area contributed by atoms with Crippen molar-refractivity contribution in [2.45, 2.75) is 13.3 Å². The number of nitro groups is 1. The summed E-state index contributed by atoms with van der Waals surface area (Å²) < 4.78 is 0. The molecule has 0 unspecified atom stereocenters. The van der Waals surface area contributed by atoms with Crippen LogP contribution in [0.4, 0.5) is 5.69 Å². The molecule has 0 aliphatic carbocycles. The number of nitrogens with one attached hydrogen (secondary N) is 1. The number of hydrogen-bond acceptors (Lipinski definition) is 5. The molecular formula is C13H13N3O3S. The van der Waals surface area contributed by atoms with Gasteiger partial charge in [0.15, 0.2) is 0 Å². The van der Waals surface area contributed by atoms with Gasteiger partial charge < -0.3 is 0 Å². The van der Waals surface area contributed by atoms with Gasteiger partial charge >= 0.3 is 0 Å². The summed E-state index contributed by atoms with van der Waals surface area (Å²) in [7, 11) is 0. The lowest BCUT2D eigenvalue weighted by atomic mass is 10.2. The number of thioether (sulfide) groups is 1. The van der Waals surface area contributed by atoms with E-state index in [1.165, 1.54) is 29.8 Å². The number of allylic oxidation sites excluding steroid dienone is 2. The summed E-state index contributed by atoms with van der Waals surface area (Å²) in [5.41, 5.74) is 3.72. The van der Waals surface area contributed by atoms with Gasteiger partial charge in [0.1, 0.15) is 0 Å². The first-order valence-electron chi connectivity index (χ1n) is 5.98. The van der Waals surface area contributed by atoms with Gasteiger partial charge in [-0.1, -0.05) is 11.6 Å². The zero-order valence-corrected chi connectivity index (χ0v) is 11.6. The molecule has 1 heterocycles. The van der Waals surface area contributed by atoms with Crippen LogP contribution < -0.4 is 5.43 Å². The number of hydrazone groups is 1. The molecule has 1 aliphatic heterocycles. The Labute approximate surface area is 120 Å². The lowest BCUT2D eigenvalue weighted by Crippen LogP contribution is -2.17. The van der Waals surface area contributed by atoms with Crippen molar-refractivity contribution < 1.29 is 9.72 Å². The summed E-state index contributed by atoms with van der Waals surface area (Å²) in [6.07, 6.45) is 2.65. The van der Waals surface area contributed by atoms with Gasteiger partial charge in [-0.3, -0.25) is 14.9 Å². The SMILES string of the molecule is CC1=C(/C=N/NC(=O)c2cccc([N+](=O)[O-])c2)SCC1. The maximum Gasteiger partial charge on any atom is 0.271 e. The third kappa shape index (κ3) is 3.45. The van der Waals surface area contributed by atoms with Crippen LogP contribution in [0.2, 0.25) is 0 Å². The van der Waals surface area contributed by atoms with Crippen molar-refractivity contribution in [3.8, 4) is 0 Å². The number of rotatable bonds is 4. The first kappa shape index (κ1) is 14.3. The van der Waals surface area contributed by atoms with Gasteiger partial charge in [0.05, 0.1) is 11.1 Å². The summed E-state index contributed by atoms with van der Waals surface area (Å²) in [6.45, 7) is 2.03. The summed E-state index contributed by atoms with van der Waals surface area (Å²) in [4.78, 5) is 23.0. The number of carbonyl (C=O) groups excluding carboxylic acids is 1. The first-order chi connectivity index (χ1) is 9.58. The van der Waals surface area contributed by atoms with E-state index in [0.717, 1.165) is 17.1 Å². The fourth-order valence-corrected chi connectivity index (χ4v) is 2.79. The van der Waals surface area contributed by atoms with E-state index in [1.807, 2.05) is 6.92 Å². The molecule has 20 heavy (non-hydrogen) atoms. The summed E-state index contributed by atoms with van der Waals surface area (Å²) in [5, 5.41) is 14.5. The highest BCUT2D eigenvalue weighted by Gasteiger charge is 2.11. The molecule has 0 saturated carbocycles. The first-order valence-corrected chi connectivity index (χ1v) is 6.97. The number of amides is 1. The average Bonchev–Trinajstić information content (AvgIpc) is 2.84. The minimum absolute atomic E-state index is 0.119. The van der Waals surface area contributed by atoms with Crippen LogP contribution in [-0.4, -0.2) is 22.8 Å². The van der Waals surface area contributed by atoms with Crippen LogP contribution in [0.25, 0.3) is 0 Å². The van der Waals surface area contributed by atoms with Crippen LogP contribution in [0.3, 0.4) is 0 Å². The molecule has 0 atom stereocenters. The number of non-ortho nitro benzene ring substituents is 1.